The van der Waals surface area contributed by atoms with Gasteiger partial charge in [-0.1, -0.05) is 30.3 Å². The summed E-state index contributed by atoms with van der Waals surface area (Å²) in [4.78, 5) is 15.1. The van der Waals surface area contributed by atoms with Crippen LogP contribution in [0.5, 0.6) is 0 Å². The number of aromatic nitrogens is 1. The largest absolute Gasteiger partial charge is 0.433 e. The molecule has 98 valence electrons. The predicted molar refractivity (Wildman–Crippen MR) is 64.7 cm³/mol. The molecule has 0 atom stereocenters. The molecule has 2 nitrogen and oxygen atoms in total. The Morgan fingerprint density at radius 3 is 2.21 bits per heavy atom. The van der Waals surface area contributed by atoms with Crippen LogP contribution in [-0.4, -0.2) is 10.8 Å². The lowest BCUT2D eigenvalue weighted by Crippen LogP contribution is -2.10. The van der Waals surface area contributed by atoms with Crippen LogP contribution in [0.3, 0.4) is 0 Å². The standard InChI is InChI=1S/C14H10F3NO/c1-9(19)11-7-8-12(14(15,16)17)18-13(11)10-5-3-2-4-6-10/h2-8H,1H3. The average molecular weight is 265 g/mol. The Balaban J connectivity index is 2.65. The van der Waals surface area contributed by atoms with Crippen LogP contribution in [0.4, 0.5) is 13.2 Å². The number of hydrogen-bond acceptors (Lipinski definition) is 2. The molecule has 0 amide bonds. The Morgan fingerprint density at radius 2 is 1.68 bits per heavy atom. The van der Waals surface area contributed by atoms with Gasteiger partial charge >= 0.3 is 6.18 Å². The predicted octanol–water partition coefficient (Wildman–Crippen LogP) is 3.97. The summed E-state index contributed by atoms with van der Waals surface area (Å²) in [6.07, 6.45) is -4.53. The summed E-state index contributed by atoms with van der Waals surface area (Å²) in [6, 6.07) is 10.3. The lowest BCUT2D eigenvalue weighted by atomic mass is 10.0. The smallest absolute Gasteiger partial charge is 0.294 e. The molecule has 0 radical (unpaired) electrons. The SMILES string of the molecule is CC(=O)c1ccc(C(F)(F)F)nc1-c1ccccc1. The lowest BCUT2D eigenvalue weighted by Gasteiger charge is -2.11. The molecule has 0 aliphatic heterocycles. The number of Topliss-reactive ketones (excluding diaryl/α,β-unsaturated/α-hetero) is 1. The van der Waals surface area contributed by atoms with E-state index < -0.39 is 11.9 Å². The van der Waals surface area contributed by atoms with Crippen molar-refractivity contribution in [3.8, 4) is 11.3 Å². The van der Waals surface area contributed by atoms with E-state index in [1.807, 2.05) is 0 Å². The zero-order chi connectivity index (χ0) is 14.0. The van der Waals surface area contributed by atoms with E-state index in [0.717, 1.165) is 6.07 Å². The van der Waals surface area contributed by atoms with E-state index >= 15 is 0 Å². The average Bonchev–Trinajstić information content (AvgIpc) is 2.38. The highest BCUT2D eigenvalue weighted by Crippen LogP contribution is 2.31. The molecule has 5 heteroatoms. The van der Waals surface area contributed by atoms with Crippen molar-refractivity contribution in [1.82, 2.24) is 4.98 Å². The van der Waals surface area contributed by atoms with Crippen LogP contribution < -0.4 is 0 Å². The van der Waals surface area contributed by atoms with E-state index in [0.29, 0.717) is 5.56 Å². The number of carbonyl (C=O) groups is 1. The molecule has 0 N–H and O–H groups in total. The molecule has 0 unspecified atom stereocenters. The van der Waals surface area contributed by atoms with E-state index in [4.69, 9.17) is 0 Å². The number of carbonyl (C=O) groups excluding carboxylic acids is 1. The number of halogens is 3. The second-order valence-electron chi connectivity index (χ2n) is 4.01. The molecule has 2 rings (SSSR count). The van der Waals surface area contributed by atoms with Crippen molar-refractivity contribution < 1.29 is 18.0 Å². The van der Waals surface area contributed by atoms with E-state index in [1.54, 1.807) is 30.3 Å². The van der Waals surface area contributed by atoms with Gasteiger partial charge in [0.1, 0.15) is 5.69 Å². The van der Waals surface area contributed by atoms with Gasteiger partial charge in [0.15, 0.2) is 5.78 Å². The monoisotopic (exact) mass is 265 g/mol. The van der Waals surface area contributed by atoms with Gasteiger partial charge in [-0.2, -0.15) is 13.2 Å². The molecule has 19 heavy (non-hydrogen) atoms. The highest BCUT2D eigenvalue weighted by molar-refractivity contribution is 5.99. The van der Waals surface area contributed by atoms with Crippen LogP contribution in [-0.2, 0) is 6.18 Å². The first kappa shape index (κ1) is 13.3. The second kappa shape index (κ2) is 4.84. The fourth-order valence-corrected chi connectivity index (χ4v) is 1.72. The zero-order valence-corrected chi connectivity index (χ0v) is 10.0. The van der Waals surface area contributed by atoms with Crippen molar-refractivity contribution in [2.24, 2.45) is 0 Å². The molecule has 0 spiro atoms. The van der Waals surface area contributed by atoms with Gasteiger partial charge in [0.05, 0.1) is 5.69 Å². The molecule has 1 heterocycles. The number of benzene rings is 1. The summed E-state index contributed by atoms with van der Waals surface area (Å²) in [5.41, 5.74) is -0.280. The van der Waals surface area contributed by atoms with E-state index in [2.05, 4.69) is 4.98 Å². The molecule has 0 aliphatic carbocycles. The third kappa shape index (κ3) is 2.81. The second-order valence-corrected chi connectivity index (χ2v) is 4.01. The van der Waals surface area contributed by atoms with Crippen molar-refractivity contribution in [2.75, 3.05) is 0 Å². The van der Waals surface area contributed by atoms with Gasteiger partial charge in [0.2, 0.25) is 0 Å². The Morgan fingerprint density at radius 1 is 1.05 bits per heavy atom. The van der Waals surface area contributed by atoms with Crippen LogP contribution in [0, 0.1) is 0 Å². The number of nitrogens with zero attached hydrogens (tertiary/aromatic N) is 1. The van der Waals surface area contributed by atoms with Crippen LogP contribution in [0.15, 0.2) is 42.5 Å². The molecule has 1 aromatic heterocycles. The minimum absolute atomic E-state index is 0.0583. The number of pyridine rings is 1. The van der Waals surface area contributed by atoms with E-state index in [1.165, 1.54) is 13.0 Å². The normalized spacial score (nSPS) is 11.4. The molecule has 0 aliphatic rings. The topological polar surface area (TPSA) is 30.0 Å². The highest BCUT2D eigenvalue weighted by atomic mass is 19.4. The Hall–Kier alpha value is -2.17. The van der Waals surface area contributed by atoms with Gasteiger partial charge in [-0.05, 0) is 19.1 Å². The first-order valence-corrected chi connectivity index (χ1v) is 5.54. The van der Waals surface area contributed by atoms with Gasteiger partial charge in [-0.15, -0.1) is 0 Å². The minimum atomic E-state index is -4.53. The van der Waals surface area contributed by atoms with Crippen LogP contribution in [0.2, 0.25) is 0 Å². The molecule has 2 aromatic rings. The first-order chi connectivity index (χ1) is 8.89. The maximum absolute atomic E-state index is 12.7. The summed E-state index contributed by atoms with van der Waals surface area (Å²) in [7, 11) is 0. The number of rotatable bonds is 2. The maximum atomic E-state index is 12.7. The Bertz CT molecular complexity index is 606. The van der Waals surface area contributed by atoms with Gasteiger partial charge in [-0.25, -0.2) is 4.98 Å². The first-order valence-electron chi connectivity index (χ1n) is 5.54. The van der Waals surface area contributed by atoms with Crippen molar-refractivity contribution >= 4 is 5.78 Å². The molecule has 0 saturated carbocycles. The summed E-state index contributed by atoms with van der Waals surface area (Å²) in [5.74, 6) is -0.319. The van der Waals surface area contributed by atoms with Crippen molar-refractivity contribution in [2.45, 2.75) is 13.1 Å². The quantitative estimate of drug-likeness (QED) is 0.769. The summed E-state index contributed by atoms with van der Waals surface area (Å²) < 4.78 is 38.0. The molecule has 0 bridgehead atoms. The van der Waals surface area contributed by atoms with Crippen LogP contribution >= 0.6 is 0 Å². The van der Waals surface area contributed by atoms with Crippen LogP contribution in [0.1, 0.15) is 23.0 Å². The van der Waals surface area contributed by atoms with Gasteiger partial charge in [0.25, 0.3) is 0 Å². The third-order valence-corrected chi connectivity index (χ3v) is 2.61. The zero-order valence-electron chi connectivity index (χ0n) is 10.0. The van der Waals surface area contributed by atoms with Crippen molar-refractivity contribution in [3.63, 3.8) is 0 Å². The summed E-state index contributed by atoms with van der Waals surface area (Å²) in [6.45, 7) is 1.30. The van der Waals surface area contributed by atoms with Crippen molar-refractivity contribution in [3.05, 3.63) is 53.7 Å². The van der Waals surface area contributed by atoms with Crippen molar-refractivity contribution in [1.29, 1.82) is 0 Å². The van der Waals surface area contributed by atoms with Gasteiger partial charge in [0, 0.05) is 11.1 Å². The number of hydrogen-bond donors (Lipinski definition) is 0. The molecule has 0 saturated heterocycles. The Labute approximate surface area is 107 Å². The minimum Gasteiger partial charge on any atom is -0.294 e. The molecule has 1 aromatic carbocycles. The Kier molecular flexibility index (Phi) is 3.38. The molecular formula is C14H10F3NO. The summed E-state index contributed by atoms with van der Waals surface area (Å²) >= 11 is 0. The van der Waals surface area contributed by atoms with Crippen LogP contribution in [0.25, 0.3) is 11.3 Å². The van der Waals surface area contributed by atoms with E-state index in [9.17, 15) is 18.0 Å². The van der Waals surface area contributed by atoms with E-state index in [-0.39, 0.29) is 17.0 Å². The highest BCUT2D eigenvalue weighted by Gasteiger charge is 2.33. The fourth-order valence-electron chi connectivity index (χ4n) is 1.72. The maximum Gasteiger partial charge on any atom is 0.433 e. The third-order valence-electron chi connectivity index (χ3n) is 2.61. The lowest BCUT2D eigenvalue weighted by molar-refractivity contribution is -0.141. The van der Waals surface area contributed by atoms with Gasteiger partial charge < -0.3 is 0 Å². The summed E-state index contributed by atoms with van der Waals surface area (Å²) in [5, 5.41) is 0. The number of ketones is 1. The van der Waals surface area contributed by atoms with Gasteiger partial charge in [-0.3, -0.25) is 4.79 Å². The fraction of sp³-hybridized carbons (Fsp3) is 0.143. The molecular weight excluding hydrogens is 255 g/mol. The molecule has 0 fully saturated rings. The number of alkyl halides is 3.